The van der Waals surface area contributed by atoms with Crippen molar-refractivity contribution in [3.05, 3.63) is 90.6 Å². The average molecular weight is 375 g/mol. The van der Waals surface area contributed by atoms with Crippen molar-refractivity contribution in [1.82, 2.24) is 9.66 Å². The molecule has 0 atom stereocenters. The van der Waals surface area contributed by atoms with E-state index in [4.69, 9.17) is 4.74 Å². The first-order valence-corrected chi connectivity index (χ1v) is 9.41. The van der Waals surface area contributed by atoms with Gasteiger partial charge in [0.25, 0.3) is 0 Å². The Bertz CT molecular complexity index is 1060. The smallest absolute Gasteiger partial charge is 0.166 e. The topological polar surface area (TPSA) is 30.3 Å². The number of pyridine rings is 1. The third kappa shape index (κ3) is 3.69. The minimum Gasteiger partial charge on any atom is -0.489 e. The number of benzene rings is 2. The molecule has 142 valence electrons. The lowest BCUT2D eigenvalue weighted by Gasteiger charge is -2.26. The summed E-state index contributed by atoms with van der Waals surface area (Å²) < 4.78 is 22.3. The first-order chi connectivity index (χ1) is 13.8. The van der Waals surface area contributed by atoms with Gasteiger partial charge in [-0.15, -0.1) is 0 Å². The van der Waals surface area contributed by atoms with Crippen molar-refractivity contribution in [2.24, 2.45) is 0 Å². The van der Waals surface area contributed by atoms with E-state index in [2.05, 4.69) is 11.9 Å². The summed E-state index contributed by atoms with van der Waals surface area (Å²) in [6.45, 7) is 3.29. The number of hydrogen-bond acceptors (Lipinski definition) is 3. The van der Waals surface area contributed by atoms with Crippen molar-refractivity contribution < 1.29 is 9.13 Å². The SMILES string of the molecule is CCCN(c1ccncc1F)n1ccc2cc(OCc3ccccc3)ccc21. The number of aromatic nitrogens is 2. The molecule has 4 nitrogen and oxygen atoms in total. The van der Waals surface area contributed by atoms with E-state index in [-0.39, 0.29) is 5.82 Å². The van der Waals surface area contributed by atoms with Crippen LogP contribution in [0.4, 0.5) is 10.1 Å². The highest BCUT2D eigenvalue weighted by Gasteiger charge is 2.15. The second-order valence-corrected chi connectivity index (χ2v) is 6.61. The van der Waals surface area contributed by atoms with E-state index in [1.165, 1.54) is 6.20 Å². The zero-order valence-corrected chi connectivity index (χ0v) is 15.8. The van der Waals surface area contributed by atoms with Gasteiger partial charge in [-0.3, -0.25) is 14.7 Å². The van der Waals surface area contributed by atoms with Crippen molar-refractivity contribution in [2.75, 3.05) is 11.6 Å². The van der Waals surface area contributed by atoms with Crippen LogP contribution >= 0.6 is 0 Å². The minimum absolute atomic E-state index is 0.333. The first kappa shape index (κ1) is 18.0. The molecule has 0 aliphatic heterocycles. The number of rotatable bonds is 7. The van der Waals surface area contributed by atoms with Crippen LogP contribution in [0.5, 0.6) is 5.75 Å². The Morgan fingerprint density at radius 1 is 1.07 bits per heavy atom. The quantitative estimate of drug-likeness (QED) is 0.431. The molecule has 0 fully saturated rings. The standard InChI is InChI=1S/C23H22FN3O/c1-2-13-26(23-10-12-25-16-21(23)24)27-14-11-19-15-20(8-9-22(19)27)28-17-18-6-4-3-5-7-18/h3-12,14-16H,2,13,17H2,1H3. The molecule has 0 unspecified atom stereocenters. The lowest BCUT2D eigenvalue weighted by Crippen LogP contribution is -2.30. The molecule has 2 aromatic carbocycles. The molecule has 0 aliphatic rings. The van der Waals surface area contributed by atoms with Gasteiger partial charge in [0.15, 0.2) is 5.82 Å². The average Bonchev–Trinajstić information content (AvgIpc) is 3.15. The van der Waals surface area contributed by atoms with Crippen molar-refractivity contribution in [2.45, 2.75) is 20.0 Å². The van der Waals surface area contributed by atoms with Crippen molar-refractivity contribution in [3.8, 4) is 5.75 Å². The number of nitrogens with zero attached hydrogens (tertiary/aromatic N) is 3. The van der Waals surface area contributed by atoms with Crippen LogP contribution in [0.3, 0.4) is 0 Å². The van der Waals surface area contributed by atoms with Crippen molar-refractivity contribution in [3.63, 3.8) is 0 Å². The molecule has 0 bridgehead atoms. The summed E-state index contributed by atoms with van der Waals surface area (Å²) in [7, 11) is 0. The summed E-state index contributed by atoms with van der Waals surface area (Å²) in [5.74, 6) is 0.479. The number of ether oxygens (including phenoxy) is 1. The summed E-state index contributed by atoms with van der Waals surface area (Å²) in [6.07, 6.45) is 5.71. The Morgan fingerprint density at radius 2 is 1.93 bits per heavy atom. The summed E-state index contributed by atoms with van der Waals surface area (Å²) in [5, 5.41) is 2.98. The van der Waals surface area contributed by atoms with Gasteiger partial charge in [-0.2, -0.15) is 0 Å². The van der Waals surface area contributed by atoms with Gasteiger partial charge in [0.1, 0.15) is 12.4 Å². The van der Waals surface area contributed by atoms with Gasteiger partial charge >= 0.3 is 0 Å². The van der Waals surface area contributed by atoms with Crippen LogP contribution in [0.2, 0.25) is 0 Å². The predicted octanol–water partition coefficient (Wildman–Crippen LogP) is 5.43. The maximum Gasteiger partial charge on any atom is 0.166 e. The van der Waals surface area contributed by atoms with Crippen LogP contribution in [-0.2, 0) is 6.61 Å². The first-order valence-electron chi connectivity index (χ1n) is 9.41. The maximum atomic E-state index is 14.3. The molecule has 4 rings (SSSR count). The van der Waals surface area contributed by atoms with Gasteiger partial charge < -0.3 is 4.74 Å². The molecule has 0 saturated carbocycles. The molecule has 0 amide bonds. The van der Waals surface area contributed by atoms with Gasteiger partial charge in [0, 0.05) is 24.3 Å². The highest BCUT2D eigenvalue weighted by atomic mass is 19.1. The number of halogens is 1. The Kier molecular flexibility index (Phi) is 5.24. The molecule has 2 heterocycles. The fourth-order valence-electron chi connectivity index (χ4n) is 3.28. The fraction of sp³-hybridized carbons (Fsp3) is 0.174. The monoisotopic (exact) mass is 375 g/mol. The highest BCUT2D eigenvalue weighted by molar-refractivity contribution is 5.82. The predicted molar refractivity (Wildman–Crippen MR) is 110 cm³/mol. The van der Waals surface area contributed by atoms with Crippen LogP contribution < -0.4 is 9.75 Å². The van der Waals surface area contributed by atoms with E-state index < -0.39 is 0 Å². The third-order valence-electron chi connectivity index (χ3n) is 4.61. The van der Waals surface area contributed by atoms with Crippen LogP contribution in [0, 0.1) is 5.82 Å². The highest BCUT2D eigenvalue weighted by Crippen LogP contribution is 2.27. The van der Waals surface area contributed by atoms with E-state index in [1.807, 2.05) is 70.5 Å². The second kappa shape index (κ2) is 8.13. The van der Waals surface area contributed by atoms with Gasteiger partial charge in [0.2, 0.25) is 0 Å². The number of hydrogen-bond donors (Lipinski definition) is 0. The van der Waals surface area contributed by atoms with E-state index >= 15 is 0 Å². The van der Waals surface area contributed by atoms with Gasteiger partial charge in [-0.05, 0) is 42.3 Å². The van der Waals surface area contributed by atoms with Crippen molar-refractivity contribution >= 4 is 16.6 Å². The van der Waals surface area contributed by atoms with Crippen LogP contribution in [0.1, 0.15) is 18.9 Å². The Labute approximate surface area is 163 Å². The Hall–Kier alpha value is -3.34. The van der Waals surface area contributed by atoms with E-state index in [9.17, 15) is 4.39 Å². The van der Waals surface area contributed by atoms with Crippen molar-refractivity contribution in [1.29, 1.82) is 0 Å². The molecule has 4 aromatic rings. The molecule has 0 aliphatic carbocycles. The Morgan fingerprint density at radius 3 is 2.71 bits per heavy atom. The summed E-state index contributed by atoms with van der Waals surface area (Å²) in [6, 6.07) is 19.8. The maximum absolute atomic E-state index is 14.3. The number of anilines is 1. The lowest BCUT2D eigenvalue weighted by atomic mass is 10.2. The van der Waals surface area contributed by atoms with E-state index in [0.717, 1.165) is 28.6 Å². The van der Waals surface area contributed by atoms with Gasteiger partial charge in [-0.1, -0.05) is 37.3 Å². The largest absolute Gasteiger partial charge is 0.489 e. The third-order valence-corrected chi connectivity index (χ3v) is 4.61. The molecule has 0 N–H and O–H groups in total. The van der Waals surface area contributed by atoms with E-state index in [1.54, 1.807) is 12.3 Å². The fourth-order valence-corrected chi connectivity index (χ4v) is 3.28. The second-order valence-electron chi connectivity index (χ2n) is 6.61. The minimum atomic E-state index is -0.333. The zero-order valence-electron chi connectivity index (χ0n) is 15.8. The molecular weight excluding hydrogens is 353 g/mol. The zero-order chi connectivity index (χ0) is 19.3. The molecule has 28 heavy (non-hydrogen) atoms. The molecule has 0 saturated heterocycles. The molecule has 5 heteroatoms. The van der Waals surface area contributed by atoms with Crippen LogP contribution in [-0.4, -0.2) is 16.2 Å². The molecule has 0 radical (unpaired) electrons. The summed E-state index contributed by atoms with van der Waals surface area (Å²) in [4.78, 5) is 3.86. The van der Waals surface area contributed by atoms with Gasteiger partial charge in [0.05, 0.1) is 17.4 Å². The van der Waals surface area contributed by atoms with Gasteiger partial charge in [-0.25, -0.2) is 4.39 Å². The lowest BCUT2D eigenvalue weighted by molar-refractivity contribution is 0.306. The molecular formula is C23H22FN3O. The Balaban J connectivity index is 1.62. The summed E-state index contributed by atoms with van der Waals surface area (Å²) in [5.41, 5.74) is 2.64. The molecule has 2 aromatic heterocycles. The number of fused-ring (bicyclic) bond motifs is 1. The van der Waals surface area contributed by atoms with Crippen LogP contribution in [0.25, 0.3) is 10.9 Å². The van der Waals surface area contributed by atoms with Crippen LogP contribution in [0.15, 0.2) is 79.3 Å². The normalized spacial score (nSPS) is 10.9. The molecule has 0 spiro atoms. The van der Waals surface area contributed by atoms with E-state index in [0.29, 0.717) is 18.8 Å². The summed E-state index contributed by atoms with van der Waals surface area (Å²) >= 11 is 0.